The number of anilines is 1. The monoisotopic (exact) mass is 327 g/mol. The third-order valence-electron chi connectivity index (χ3n) is 3.30. The Hall–Kier alpha value is -2.79. The Morgan fingerprint density at radius 3 is 2.57 bits per heavy atom. The Bertz CT molecular complexity index is 879. The van der Waals surface area contributed by atoms with Crippen LogP contribution in [0.2, 0.25) is 5.02 Å². The number of carbonyl (C=O) groups excluding carboxylic acids is 1. The first-order valence-corrected chi connectivity index (χ1v) is 7.28. The molecule has 3 rings (SSSR count). The van der Waals surface area contributed by atoms with E-state index >= 15 is 0 Å². The van der Waals surface area contributed by atoms with E-state index in [2.05, 4.69) is 4.98 Å². The van der Waals surface area contributed by atoms with Crippen molar-refractivity contribution in [3.05, 3.63) is 53.6 Å². The van der Waals surface area contributed by atoms with Crippen molar-refractivity contribution < 1.29 is 9.53 Å². The molecule has 23 heavy (non-hydrogen) atoms. The van der Waals surface area contributed by atoms with Gasteiger partial charge in [-0.1, -0.05) is 23.7 Å². The van der Waals surface area contributed by atoms with Crippen molar-refractivity contribution in [2.75, 3.05) is 12.3 Å². The molecule has 0 aliphatic carbocycles. The van der Waals surface area contributed by atoms with Gasteiger partial charge in [0.1, 0.15) is 5.75 Å². The average molecular weight is 328 g/mol. The van der Waals surface area contributed by atoms with E-state index in [4.69, 9.17) is 27.8 Å². The van der Waals surface area contributed by atoms with Gasteiger partial charge in [0, 0.05) is 27.7 Å². The molecule has 0 aliphatic rings. The molecule has 0 saturated carbocycles. The van der Waals surface area contributed by atoms with Gasteiger partial charge in [-0.15, -0.1) is 0 Å². The first kappa shape index (κ1) is 15.1. The summed E-state index contributed by atoms with van der Waals surface area (Å²) in [6.45, 7) is -0.214. The van der Waals surface area contributed by atoms with Gasteiger partial charge in [-0.25, -0.2) is 4.98 Å². The number of primary amides is 1. The van der Waals surface area contributed by atoms with E-state index in [-0.39, 0.29) is 6.61 Å². The normalized spacial score (nSPS) is 10.7. The molecule has 1 heterocycles. The highest BCUT2D eigenvalue weighted by atomic mass is 35.5. The lowest BCUT2D eigenvalue weighted by molar-refractivity contribution is -0.119. The Labute approximate surface area is 137 Å². The van der Waals surface area contributed by atoms with E-state index in [0.717, 1.165) is 10.9 Å². The number of carbonyl (C=O) groups is 1. The lowest BCUT2D eigenvalue weighted by Gasteiger charge is -2.11. The number of benzene rings is 2. The number of halogens is 1. The molecule has 0 unspecified atom stereocenters. The molecule has 5 nitrogen and oxygen atoms in total. The first-order valence-electron chi connectivity index (χ1n) is 6.90. The summed E-state index contributed by atoms with van der Waals surface area (Å²) >= 11 is 5.92. The fourth-order valence-electron chi connectivity index (χ4n) is 2.25. The van der Waals surface area contributed by atoms with Crippen LogP contribution in [0.25, 0.3) is 22.2 Å². The van der Waals surface area contributed by atoms with Crippen LogP contribution in [0.4, 0.5) is 5.69 Å². The molecule has 116 valence electrons. The molecule has 2 aromatic carbocycles. The summed E-state index contributed by atoms with van der Waals surface area (Å²) in [6, 6.07) is 14.4. The molecule has 6 heteroatoms. The van der Waals surface area contributed by atoms with E-state index in [1.54, 1.807) is 36.4 Å². The molecule has 0 spiro atoms. The molecule has 3 aromatic rings. The number of pyridine rings is 1. The first-order chi connectivity index (χ1) is 11.0. The quantitative estimate of drug-likeness (QED) is 0.720. The summed E-state index contributed by atoms with van der Waals surface area (Å²) in [5, 5.41) is 1.37. The smallest absolute Gasteiger partial charge is 0.255 e. The van der Waals surface area contributed by atoms with Crippen LogP contribution in [0.15, 0.2) is 48.5 Å². The zero-order valence-electron chi connectivity index (χ0n) is 12.1. The van der Waals surface area contributed by atoms with Crippen molar-refractivity contribution in [3.8, 4) is 17.0 Å². The predicted molar refractivity (Wildman–Crippen MR) is 91.3 cm³/mol. The van der Waals surface area contributed by atoms with Gasteiger partial charge in [-0.2, -0.15) is 0 Å². The van der Waals surface area contributed by atoms with Gasteiger partial charge in [-0.05, 0) is 30.3 Å². The van der Waals surface area contributed by atoms with Crippen LogP contribution in [0.5, 0.6) is 5.75 Å². The number of nitrogens with zero attached hydrogens (tertiary/aromatic N) is 1. The van der Waals surface area contributed by atoms with Crippen LogP contribution in [0.1, 0.15) is 0 Å². The summed E-state index contributed by atoms with van der Waals surface area (Å²) in [5.74, 6) is -0.0436. The maximum absolute atomic E-state index is 11.0. The minimum Gasteiger partial charge on any atom is -0.483 e. The van der Waals surface area contributed by atoms with Gasteiger partial charge >= 0.3 is 0 Å². The third kappa shape index (κ3) is 3.35. The highest BCUT2D eigenvalue weighted by Crippen LogP contribution is 2.31. The molecule has 0 atom stereocenters. The predicted octanol–water partition coefficient (Wildman–Crippen LogP) is 3.00. The highest BCUT2D eigenvalue weighted by Gasteiger charge is 2.10. The number of hydrogen-bond acceptors (Lipinski definition) is 4. The number of amides is 1. The lowest BCUT2D eigenvalue weighted by atomic mass is 10.1. The van der Waals surface area contributed by atoms with E-state index in [1.807, 2.05) is 12.1 Å². The van der Waals surface area contributed by atoms with Crippen molar-refractivity contribution >= 4 is 34.1 Å². The summed E-state index contributed by atoms with van der Waals surface area (Å²) in [6.07, 6.45) is 0. The Morgan fingerprint density at radius 2 is 1.87 bits per heavy atom. The second-order valence-electron chi connectivity index (χ2n) is 5.04. The van der Waals surface area contributed by atoms with Crippen LogP contribution in [0, 0.1) is 0 Å². The summed E-state index contributed by atoms with van der Waals surface area (Å²) in [7, 11) is 0. The van der Waals surface area contributed by atoms with Gasteiger partial charge in [0.15, 0.2) is 6.61 Å². The van der Waals surface area contributed by atoms with E-state index < -0.39 is 5.91 Å². The Morgan fingerprint density at radius 1 is 1.13 bits per heavy atom. The maximum atomic E-state index is 11.0. The Balaban J connectivity index is 2.14. The van der Waals surface area contributed by atoms with Crippen LogP contribution in [0.3, 0.4) is 0 Å². The van der Waals surface area contributed by atoms with Crippen LogP contribution < -0.4 is 16.2 Å². The number of aromatic nitrogens is 1. The van der Waals surface area contributed by atoms with Crippen LogP contribution in [-0.2, 0) is 4.79 Å². The lowest BCUT2D eigenvalue weighted by Crippen LogP contribution is -2.20. The zero-order chi connectivity index (χ0) is 16.4. The molecule has 0 fully saturated rings. The second-order valence-corrected chi connectivity index (χ2v) is 5.48. The van der Waals surface area contributed by atoms with Crippen molar-refractivity contribution in [2.24, 2.45) is 5.73 Å². The van der Waals surface area contributed by atoms with Crippen molar-refractivity contribution in [1.82, 2.24) is 4.98 Å². The molecular formula is C17H14ClN3O2. The van der Waals surface area contributed by atoms with Gasteiger partial charge in [-0.3, -0.25) is 4.79 Å². The average Bonchev–Trinajstić information content (AvgIpc) is 2.53. The molecule has 1 aromatic heterocycles. The zero-order valence-corrected chi connectivity index (χ0v) is 12.9. The number of nitrogen functional groups attached to an aromatic ring is 1. The van der Waals surface area contributed by atoms with Gasteiger partial charge in [0.05, 0.1) is 11.2 Å². The van der Waals surface area contributed by atoms with Crippen LogP contribution >= 0.6 is 11.6 Å². The van der Waals surface area contributed by atoms with Gasteiger partial charge < -0.3 is 16.2 Å². The molecule has 0 bridgehead atoms. The van der Waals surface area contributed by atoms with Crippen molar-refractivity contribution in [3.63, 3.8) is 0 Å². The minimum absolute atomic E-state index is 0.214. The molecule has 1 amide bonds. The highest BCUT2D eigenvalue weighted by molar-refractivity contribution is 6.30. The van der Waals surface area contributed by atoms with Crippen molar-refractivity contribution in [1.29, 1.82) is 0 Å². The number of ether oxygens (including phenoxy) is 1. The maximum Gasteiger partial charge on any atom is 0.255 e. The SMILES string of the molecule is NC(=O)COc1cc(-c2ccc(Cl)cc2)nc2ccc(N)cc12. The minimum atomic E-state index is -0.549. The van der Waals surface area contributed by atoms with Gasteiger partial charge in [0.25, 0.3) is 5.91 Å². The summed E-state index contributed by atoms with van der Waals surface area (Å²) in [5.41, 5.74) is 13.9. The molecule has 0 aliphatic heterocycles. The summed E-state index contributed by atoms with van der Waals surface area (Å²) < 4.78 is 5.53. The number of fused-ring (bicyclic) bond motifs is 1. The largest absolute Gasteiger partial charge is 0.483 e. The van der Waals surface area contributed by atoms with E-state index in [1.165, 1.54) is 0 Å². The second kappa shape index (κ2) is 6.14. The molecule has 0 saturated heterocycles. The Kier molecular flexibility index (Phi) is 4.04. The fourth-order valence-corrected chi connectivity index (χ4v) is 2.38. The molecule has 4 N–H and O–H groups in total. The van der Waals surface area contributed by atoms with Crippen molar-refractivity contribution in [2.45, 2.75) is 0 Å². The number of hydrogen-bond donors (Lipinski definition) is 2. The topological polar surface area (TPSA) is 91.2 Å². The summed E-state index contributed by atoms with van der Waals surface area (Å²) in [4.78, 5) is 15.6. The van der Waals surface area contributed by atoms with E-state index in [0.29, 0.717) is 27.7 Å². The number of nitrogens with two attached hydrogens (primary N) is 2. The van der Waals surface area contributed by atoms with E-state index in [9.17, 15) is 4.79 Å². The fraction of sp³-hybridized carbons (Fsp3) is 0.0588. The van der Waals surface area contributed by atoms with Crippen LogP contribution in [-0.4, -0.2) is 17.5 Å². The third-order valence-corrected chi connectivity index (χ3v) is 3.56. The molecule has 0 radical (unpaired) electrons. The standard InChI is InChI=1S/C17H14ClN3O2/c18-11-3-1-10(2-4-11)15-8-16(23-9-17(20)22)13-7-12(19)5-6-14(13)21-15/h1-8H,9,19H2,(H2,20,22). The van der Waals surface area contributed by atoms with Gasteiger partial charge in [0.2, 0.25) is 0 Å². The number of rotatable bonds is 4. The molecular weight excluding hydrogens is 314 g/mol.